The van der Waals surface area contributed by atoms with E-state index in [-0.39, 0.29) is 0 Å². The van der Waals surface area contributed by atoms with Crippen molar-refractivity contribution < 1.29 is 4.74 Å². The minimum atomic E-state index is 0.619. The van der Waals surface area contributed by atoms with Crippen LogP contribution in [-0.2, 0) is 0 Å². The lowest BCUT2D eigenvalue weighted by Crippen LogP contribution is -1.96. The van der Waals surface area contributed by atoms with Crippen LogP contribution in [0.5, 0.6) is 5.75 Å². The smallest absolute Gasteiger partial charge is 0.119 e. The second-order valence-corrected chi connectivity index (χ2v) is 4.02. The number of anilines is 3. The Hall–Kier alpha value is -1.87. The number of halogens is 1. The number of hydrogen-bond acceptors (Lipinski definition) is 3. The molecule has 0 amide bonds. The molecule has 2 rings (SSSR count). The van der Waals surface area contributed by atoms with Gasteiger partial charge in [0.15, 0.2) is 0 Å². The van der Waals surface area contributed by atoms with Gasteiger partial charge in [0, 0.05) is 10.7 Å². The number of rotatable bonds is 3. The normalized spacial score (nSPS) is 10.0. The molecule has 0 radical (unpaired) electrons. The highest BCUT2D eigenvalue weighted by atomic mass is 35.5. The number of hydrogen-bond donors (Lipinski definition) is 2. The van der Waals surface area contributed by atoms with Crippen LogP contribution in [0.3, 0.4) is 0 Å². The first-order valence-corrected chi connectivity index (χ1v) is 5.53. The van der Waals surface area contributed by atoms with Gasteiger partial charge in [-0.25, -0.2) is 0 Å². The second kappa shape index (κ2) is 4.97. The van der Waals surface area contributed by atoms with Crippen LogP contribution in [0.25, 0.3) is 0 Å². The van der Waals surface area contributed by atoms with E-state index in [1.165, 1.54) is 0 Å². The predicted molar refractivity (Wildman–Crippen MR) is 72.1 cm³/mol. The summed E-state index contributed by atoms with van der Waals surface area (Å²) in [6.07, 6.45) is 0. The fourth-order valence-corrected chi connectivity index (χ4v) is 1.66. The van der Waals surface area contributed by atoms with E-state index in [1.54, 1.807) is 19.2 Å². The first-order chi connectivity index (χ1) is 8.19. The Morgan fingerprint density at radius 2 is 1.82 bits per heavy atom. The SMILES string of the molecule is COc1ccc(Nc2ccc(Cl)cc2N)cc1. The van der Waals surface area contributed by atoms with E-state index < -0.39 is 0 Å². The van der Waals surface area contributed by atoms with Crippen LogP contribution in [-0.4, -0.2) is 7.11 Å². The van der Waals surface area contributed by atoms with Gasteiger partial charge in [0.1, 0.15) is 5.75 Å². The highest BCUT2D eigenvalue weighted by Crippen LogP contribution is 2.26. The van der Waals surface area contributed by atoms with E-state index in [2.05, 4.69) is 5.32 Å². The van der Waals surface area contributed by atoms with Crippen LogP contribution in [0.2, 0.25) is 5.02 Å². The molecule has 17 heavy (non-hydrogen) atoms. The first kappa shape index (κ1) is 11.6. The van der Waals surface area contributed by atoms with Gasteiger partial charge in [0.05, 0.1) is 18.5 Å². The molecular weight excluding hydrogens is 236 g/mol. The molecule has 2 aromatic carbocycles. The Balaban J connectivity index is 2.19. The van der Waals surface area contributed by atoms with Crippen LogP contribution >= 0.6 is 11.6 Å². The van der Waals surface area contributed by atoms with Crippen molar-refractivity contribution >= 4 is 28.7 Å². The molecule has 88 valence electrons. The Morgan fingerprint density at radius 1 is 1.12 bits per heavy atom. The van der Waals surface area contributed by atoms with Crippen molar-refractivity contribution in [1.29, 1.82) is 0 Å². The summed E-state index contributed by atoms with van der Waals surface area (Å²) in [6, 6.07) is 13.0. The summed E-state index contributed by atoms with van der Waals surface area (Å²) in [5.74, 6) is 0.819. The number of methoxy groups -OCH3 is 1. The van der Waals surface area contributed by atoms with E-state index in [1.807, 2.05) is 30.3 Å². The number of benzene rings is 2. The Bertz CT molecular complexity index is 511. The van der Waals surface area contributed by atoms with Gasteiger partial charge >= 0.3 is 0 Å². The second-order valence-electron chi connectivity index (χ2n) is 3.59. The minimum Gasteiger partial charge on any atom is -0.497 e. The lowest BCUT2D eigenvalue weighted by Gasteiger charge is -2.10. The third-order valence-electron chi connectivity index (χ3n) is 2.38. The molecule has 0 aliphatic carbocycles. The van der Waals surface area contributed by atoms with E-state index >= 15 is 0 Å². The summed E-state index contributed by atoms with van der Waals surface area (Å²) in [6.45, 7) is 0. The number of nitrogen functional groups attached to an aromatic ring is 1. The van der Waals surface area contributed by atoms with Crippen LogP contribution in [0.4, 0.5) is 17.1 Å². The van der Waals surface area contributed by atoms with Gasteiger partial charge in [-0.05, 0) is 42.5 Å². The average Bonchev–Trinajstić information content (AvgIpc) is 2.34. The van der Waals surface area contributed by atoms with E-state index in [4.69, 9.17) is 22.1 Å². The largest absolute Gasteiger partial charge is 0.497 e. The van der Waals surface area contributed by atoms with E-state index in [0.717, 1.165) is 17.1 Å². The van der Waals surface area contributed by atoms with Crippen LogP contribution in [0, 0.1) is 0 Å². The fourth-order valence-electron chi connectivity index (χ4n) is 1.48. The topological polar surface area (TPSA) is 47.3 Å². The summed E-state index contributed by atoms with van der Waals surface area (Å²) in [4.78, 5) is 0. The fraction of sp³-hybridized carbons (Fsp3) is 0.0769. The maximum Gasteiger partial charge on any atom is 0.119 e. The average molecular weight is 249 g/mol. The monoisotopic (exact) mass is 248 g/mol. The van der Waals surface area contributed by atoms with Gasteiger partial charge in [-0.1, -0.05) is 11.6 Å². The summed E-state index contributed by atoms with van der Waals surface area (Å²) >= 11 is 5.84. The van der Waals surface area contributed by atoms with Crippen molar-refractivity contribution in [2.75, 3.05) is 18.2 Å². The Morgan fingerprint density at radius 3 is 2.41 bits per heavy atom. The third-order valence-corrected chi connectivity index (χ3v) is 2.62. The van der Waals surface area contributed by atoms with Crippen molar-refractivity contribution in [3.63, 3.8) is 0 Å². The van der Waals surface area contributed by atoms with Gasteiger partial charge in [-0.2, -0.15) is 0 Å². The maximum atomic E-state index is 5.85. The van der Waals surface area contributed by atoms with Gasteiger partial charge in [-0.3, -0.25) is 0 Å². The molecule has 0 bridgehead atoms. The molecule has 0 spiro atoms. The molecule has 0 saturated carbocycles. The molecule has 3 N–H and O–H groups in total. The lowest BCUT2D eigenvalue weighted by atomic mass is 10.2. The molecule has 0 fully saturated rings. The maximum absolute atomic E-state index is 5.85. The highest BCUT2D eigenvalue weighted by Gasteiger charge is 2.00. The van der Waals surface area contributed by atoms with E-state index in [9.17, 15) is 0 Å². The molecule has 2 aromatic rings. The minimum absolute atomic E-state index is 0.619. The molecule has 0 unspecified atom stereocenters. The summed E-state index contributed by atoms with van der Waals surface area (Å²) in [7, 11) is 1.64. The molecule has 0 aliphatic rings. The van der Waals surface area contributed by atoms with Crippen LogP contribution in [0.15, 0.2) is 42.5 Å². The molecule has 3 nitrogen and oxygen atoms in total. The molecule has 0 aromatic heterocycles. The molecule has 0 aliphatic heterocycles. The third kappa shape index (κ3) is 2.82. The zero-order valence-electron chi connectivity index (χ0n) is 9.41. The van der Waals surface area contributed by atoms with Crippen molar-refractivity contribution in [2.45, 2.75) is 0 Å². The van der Waals surface area contributed by atoms with Gasteiger partial charge < -0.3 is 15.8 Å². The first-order valence-electron chi connectivity index (χ1n) is 5.15. The molecule has 0 heterocycles. The number of ether oxygens (including phenoxy) is 1. The van der Waals surface area contributed by atoms with Gasteiger partial charge in [-0.15, -0.1) is 0 Å². The van der Waals surface area contributed by atoms with Gasteiger partial charge in [0.25, 0.3) is 0 Å². The number of nitrogens with two attached hydrogens (primary N) is 1. The lowest BCUT2D eigenvalue weighted by molar-refractivity contribution is 0.415. The summed E-state index contributed by atoms with van der Waals surface area (Å²) in [5.41, 5.74) is 8.25. The Kier molecular flexibility index (Phi) is 3.40. The summed E-state index contributed by atoms with van der Waals surface area (Å²) in [5, 5.41) is 3.84. The predicted octanol–water partition coefficient (Wildman–Crippen LogP) is 3.67. The molecular formula is C13H13ClN2O. The summed E-state index contributed by atoms with van der Waals surface area (Å²) < 4.78 is 5.09. The quantitative estimate of drug-likeness (QED) is 0.815. The zero-order chi connectivity index (χ0) is 12.3. The molecule has 0 saturated heterocycles. The van der Waals surface area contributed by atoms with Crippen LogP contribution < -0.4 is 15.8 Å². The van der Waals surface area contributed by atoms with Gasteiger partial charge in [0.2, 0.25) is 0 Å². The van der Waals surface area contributed by atoms with Crippen molar-refractivity contribution in [3.05, 3.63) is 47.5 Å². The standard InChI is InChI=1S/C13H13ClN2O/c1-17-11-5-3-10(4-6-11)16-13-7-2-9(14)8-12(13)15/h2-8,16H,15H2,1H3. The van der Waals surface area contributed by atoms with E-state index in [0.29, 0.717) is 10.7 Å². The molecule has 4 heteroatoms. The van der Waals surface area contributed by atoms with Crippen molar-refractivity contribution in [3.8, 4) is 5.75 Å². The number of nitrogens with one attached hydrogen (secondary N) is 1. The van der Waals surface area contributed by atoms with Crippen LogP contribution in [0.1, 0.15) is 0 Å². The Labute approximate surface area is 105 Å². The molecule has 0 atom stereocenters. The van der Waals surface area contributed by atoms with Crippen molar-refractivity contribution in [2.24, 2.45) is 0 Å². The zero-order valence-corrected chi connectivity index (χ0v) is 10.2. The van der Waals surface area contributed by atoms with Crippen molar-refractivity contribution in [1.82, 2.24) is 0 Å². The highest BCUT2D eigenvalue weighted by molar-refractivity contribution is 6.31.